The highest BCUT2D eigenvalue weighted by Gasteiger charge is 2.56. The second-order valence-electron chi connectivity index (χ2n) is 6.94. The standard InChI is InChI=1S/C23H28O5/c1-3-14-23(24)21(27-16-19-12-8-5-9-13-19)20(28-22(23)25-2)17-26-15-18-10-6-4-7-11-18/h3-13,20-22,24H,1,14-17H2,2H3. The first-order valence-corrected chi connectivity index (χ1v) is 9.46. The maximum Gasteiger partial charge on any atom is 0.189 e. The van der Waals surface area contributed by atoms with E-state index in [1.165, 1.54) is 7.11 Å². The van der Waals surface area contributed by atoms with Crippen LogP contribution in [-0.2, 0) is 32.2 Å². The molecule has 1 aliphatic heterocycles. The lowest BCUT2D eigenvalue weighted by Crippen LogP contribution is -2.50. The Morgan fingerprint density at radius 2 is 1.64 bits per heavy atom. The van der Waals surface area contributed by atoms with Crippen molar-refractivity contribution in [2.24, 2.45) is 0 Å². The summed E-state index contributed by atoms with van der Waals surface area (Å²) in [5.74, 6) is 0. The number of methoxy groups -OCH3 is 1. The SMILES string of the molecule is C=CCC1(O)C(OC)OC(COCc2ccccc2)C1OCc1ccccc1. The quantitative estimate of drug-likeness (QED) is 0.636. The molecular weight excluding hydrogens is 356 g/mol. The van der Waals surface area contributed by atoms with Gasteiger partial charge in [0.05, 0.1) is 19.8 Å². The summed E-state index contributed by atoms with van der Waals surface area (Å²) in [7, 11) is 1.51. The van der Waals surface area contributed by atoms with Crippen LogP contribution < -0.4 is 0 Å². The number of hydrogen-bond donors (Lipinski definition) is 1. The van der Waals surface area contributed by atoms with Crippen LogP contribution in [0.1, 0.15) is 17.5 Å². The summed E-state index contributed by atoms with van der Waals surface area (Å²) in [4.78, 5) is 0. The van der Waals surface area contributed by atoms with Crippen LogP contribution in [0.25, 0.3) is 0 Å². The van der Waals surface area contributed by atoms with Gasteiger partial charge in [0.15, 0.2) is 6.29 Å². The van der Waals surface area contributed by atoms with Crippen LogP contribution in [0.15, 0.2) is 73.3 Å². The van der Waals surface area contributed by atoms with Gasteiger partial charge in [0, 0.05) is 13.5 Å². The van der Waals surface area contributed by atoms with E-state index in [0.29, 0.717) is 19.6 Å². The topological polar surface area (TPSA) is 57.2 Å². The lowest BCUT2D eigenvalue weighted by Gasteiger charge is -2.32. The third-order valence-corrected chi connectivity index (χ3v) is 4.89. The maximum atomic E-state index is 11.3. The van der Waals surface area contributed by atoms with Crippen LogP contribution in [-0.4, -0.2) is 42.9 Å². The normalized spacial score (nSPS) is 27.0. The number of hydrogen-bond acceptors (Lipinski definition) is 5. The Kier molecular flexibility index (Phi) is 7.36. The molecule has 28 heavy (non-hydrogen) atoms. The van der Waals surface area contributed by atoms with Crippen molar-refractivity contribution in [3.8, 4) is 0 Å². The van der Waals surface area contributed by atoms with E-state index in [9.17, 15) is 5.11 Å². The predicted molar refractivity (Wildman–Crippen MR) is 107 cm³/mol. The average molecular weight is 384 g/mol. The monoisotopic (exact) mass is 384 g/mol. The number of rotatable bonds is 10. The molecular formula is C23H28O5. The molecule has 3 rings (SSSR count). The van der Waals surface area contributed by atoms with Crippen LogP contribution in [0.2, 0.25) is 0 Å². The van der Waals surface area contributed by atoms with Crippen LogP contribution in [0.5, 0.6) is 0 Å². The second-order valence-corrected chi connectivity index (χ2v) is 6.94. The summed E-state index contributed by atoms with van der Waals surface area (Å²) in [6.45, 7) is 4.87. The number of benzene rings is 2. The van der Waals surface area contributed by atoms with Gasteiger partial charge in [-0.3, -0.25) is 0 Å². The predicted octanol–water partition coefficient (Wildman–Crippen LogP) is 3.47. The van der Waals surface area contributed by atoms with Gasteiger partial charge >= 0.3 is 0 Å². The molecule has 1 fully saturated rings. The minimum Gasteiger partial charge on any atom is -0.381 e. The molecule has 1 N–H and O–H groups in total. The van der Waals surface area contributed by atoms with E-state index in [1.807, 2.05) is 60.7 Å². The highest BCUT2D eigenvalue weighted by molar-refractivity contribution is 5.15. The highest BCUT2D eigenvalue weighted by Crippen LogP contribution is 2.37. The Bertz CT molecular complexity index is 720. The molecule has 0 radical (unpaired) electrons. The minimum absolute atomic E-state index is 0.285. The molecule has 0 bridgehead atoms. The average Bonchev–Trinajstić information content (AvgIpc) is 2.99. The second kappa shape index (κ2) is 9.96. The molecule has 4 atom stereocenters. The largest absolute Gasteiger partial charge is 0.381 e. The summed E-state index contributed by atoms with van der Waals surface area (Å²) in [6, 6.07) is 19.8. The van der Waals surface area contributed by atoms with E-state index in [2.05, 4.69) is 6.58 Å². The van der Waals surface area contributed by atoms with Crippen molar-refractivity contribution in [2.45, 2.75) is 43.7 Å². The molecule has 0 amide bonds. The number of aliphatic hydroxyl groups is 1. The molecule has 0 aromatic heterocycles. The van der Waals surface area contributed by atoms with Gasteiger partial charge in [-0.25, -0.2) is 0 Å². The molecule has 0 spiro atoms. The van der Waals surface area contributed by atoms with Gasteiger partial charge in [-0.1, -0.05) is 66.7 Å². The molecule has 1 aliphatic rings. The lowest BCUT2D eigenvalue weighted by molar-refractivity contribution is -0.196. The molecule has 2 aromatic carbocycles. The molecule has 4 unspecified atom stereocenters. The zero-order valence-corrected chi connectivity index (χ0v) is 16.2. The van der Waals surface area contributed by atoms with E-state index >= 15 is 0 Å². The third-order valence-electron chi connectivity index (χ3n) is 4.89. The van der Waals surface area contributed by atoms with Crippen LogP contribution in [0.3, 0.4) is 0 Å². The summed E-state index contributed by atoms with van der Waals surface area (Å²) in [6.07, 6.45) is 0.0760. The van der Waals surface area contributed by atoms with Crippen molar-refractivity contribution in [3.63, 3.8) is 0 Å². The van der Waals surface area contributed by atoms with E-state index in [4.69, 9.17) is 18.9 Å². The zero-order chi connectivity index (χ0) is 19.8. The van der Waals surface area contributed by atoms with Gasteiger partial charge in [0.25, 0.3) is 0 Å². The fourth-order valence-electron chi connectivity index (χ4n) is 3.51. The van der Waals surface area contributed by atoms with E-state index in [1.54, 1.807) is 6.08 Å². The molecule has 1 heterocycles. The Morgan fingerprint density at radius 3 is 2.21 bits per heavy atom. The zero-order valence-electron chi connectivity index (χ0n) is 16.2. The Morgan fingerprint density at radius 1 is 1.04 bits per heavy atom. The van der Waals surface area contributed by atoms with Crippen molar-refractivity contribution in [3.05, 3.63) is 84.4 Å². The van der Waals surface area contributed by atoms with Gasteiger partial charge in [0.1, 0.15) is 17.8 Å². The van der Waals surface area contributed by atoms with E-state index in [0.717, 1.165) is 11.1 Å². The molecule has 150 valence electrons. The van der Waals surface area contributed by atoms with Crippen molar-refractivity contribution >= 4 is 0 Å². The van der Waals surface area contributed by atoms with Crippen molar-refractivity contribution in [1.82, 2.24) is 0 Å². The van der Waals surface area contributed by atoms with Crippen molar-refractivity contribution < 1.29 is 24.1 Å². The molecule has 0 aliphatic carbocycles. The fraction of sp³-hybridized carbons (Fsp3) is 0.391. The smallest absolute Gasteiger partial charge is 0.189 e. The van der Waals surface area contributed by atoms with Crippen LogP contribution >= 0.6 is 0 Å². The van der Waals surface area contributed by atoms with Crippen molar-refractivity contribution in [2.75, 3.05) is 13.7 Å². The first-order valence-electron chi connectivity index (χ1n) is 9.46. The molecule has 1 saturated heterocycles. The summed E-state index contributed by atoms with van der Waals surface area (Å²) >= 11 is 0. The summed E-state index contributed by atoms with van der Waals surface area (Å²) in [5.41, 5.74) is 0.770. The lowest BCUT2D eigenvalue weighted by atomic mass is 9.91. The first kappa shape index (κ1) is 20.7. The van der Waals surface area contributed by atoms with Crippen molar-refractivity contribution in [1.29, 1.82) is 0 Å². The van der Waals surface area contributed by atoms with Gasteiger partial charge in [-0.2, -0.15) is 0 Å². The Hall–Kier alpha value is -2.02. The Labute approximate surface area is 166 Å². The molecule has 5 nitrogen and oxygen atoms in total. The van der Waals surface area contributed by atoms with Gasteiger partial charge in [0.2, 0.25) is 0 Å². The first-order chi connectivity index (χ1) is 13.7. The van der Waals surface area contributed by atoms with Gasteiger partial charge in [-0.15, -0.1) is 6.58 Å². The molecule has 0 saturated carbocycles. The van der Waals surface area contributed by atoms with Gasteiger partial charge < -0.3 is 24.1 Å². The number of ether oxygens (including phenoxy) is 4. The third kappa shape index (κ3) is 4.87. The highest BCUT2D eigenvalue weighted by atomic mass is 16.7. The van der Waals surface area contributed by atoms with Crippen LogP contribution in [0.4, 0.5) is 0 Å². The Balaban J connectivity index is 1.68. The maximum absolute atomic E-state index is 11.3. The summed E-state index contributed by atoms with van der Waals surface area (Å²) in [5, 5.41) is 11.3. The van der Waals surface area contributed by atoms with E-state index in [-0.39, 0.29) is 6.61 Å². The molecule has 2 aromatic rings. The van der Waals surface area contributed by atoms with Crippen LogP contribution in [0, 0.1) is 0 Å². The van der Waals surface area contributed by atoms with E-state index < -0.39 is 24.1 Å². The fourth-order valence-corrected chi connectivity index (χ4v) is 3.51. The van der Waals surface area contributed by atoms with Gasteiger partial charge in [-0.05, 0) is 11.1 Å². The minimum atomic E-state index is -1.33. The summed E-state index contributed by atoms with van der Waals surface area (Å²) < 4.78 is 23.3. The molecule has 5 heteroatoms.